The smallest absolute Gasteiger partial charge is 0.253 e. The summed E-state index contributed by atoms with van der Waals surface area (Å²) in [5, 5.41) is 3.27. The van der Waals surface area contributed by atoms with Crippen LogP contribution in [0.4, 0.5) is 0 Å². The first-order valence-corrected chi connectivity index (χ1v) is 6.94. The zero-order valence-corrected chi connectivity index (χ0v) is 11.7. The maximum atomic E-state index is 12.4. The number of hydrogen-bond acceptors (Lipinski definition) is 3. The molecule has 1 aliphatic heterocycles. The minimum absolute atomic E-state index is 0.108. The SMILES string of the molecule is CCOc1cccc(C(=O)N2CCC(NC)CC2)c1. The molecule has 0 unspecified atom stereocenters. The Morgan fingerprint density at radius 2 is 2.16 bits per heavy atom. The van der Waals surface area contributed by atoms with Crippen molar-refractivity contribution in [2.24, 2.45) is 0 Å². The molecule has 2 rings (SSSR count). The van der Waals surface area contributed by atoms with Gasteiger partial charge >= 0.3 is 0 Å². The van der Waals surface area contributed by atoms with Crippen molar-refractivity contribution in [2.45, 2.75) is 25.8 Å². The molecule has 4 heteroatoms. The number of hydrogen-bond donors (Lipinski definition) is 1. The monoisotopic (exact) mass is 262 g/mol. The minimum Gasteiger partial charge on any atom is -0.494 e. The largest absolute Gasteiger partial charge is 0.494 e. The Balaban J connectivity index is 2.01. The predicted molar refractivity (Wildman–Crippen MR) is 75.6 cm³/mol. The molecule has 0 spiro atoms. The summed E-state index contributed by atoms with van der Waals surface area (Å²) in [5.74, 6) is 0.870. The number of carbonyl (C=O) groups is 1. The summed E-state index contributed by atoms with van der Waals surface area (Å²) >= 11 is 0. The van der Waals surface area contributed by atoms with Crippen LogP contribution in [0.5, 0.6) is 5.75 Å². The van der Waals surface area contributed by atoms with Gasteiger partial charge in [-0.2, -0.15) is 0 Å². The molecule has 0 saturated carbocycles. The summed E-state index contributed by atoms with van der Waals surface area (Å²) < 4.78 is 5.44. The van der Waals surface area contributed by atoms with Crippen molar-refractivity contribution in [1.82, 2.24) is 10.2 Å². The van der Waals surface area contributed by atoms with Crippen molar-refractivity contribution in [3.05, 3.63) is 29.8 Å². The second-order valence-corrected chi connectivity index (χ2v) is 4.82. The second-order valence-electron chi connectivity index (χ2n) is 4.82. The van der Waals surface area contributed by atoms with Crippen LogP contribution >= 0.6 is 0 Å². The average Bonchev–Trinajstić information content (AvgIpc) is 2.47. The van der Waals surface area contributed by atoms with Gasteiger partial charge in [0.2, 0.25) is 0 Å². The lowest BCUT2D eigenvalue weighted by atomic mass is 10.0. The molecule has 4 nitrogen and oxygen atoms in total. The summed E-state index contributed by atoms with van der Waals surface area (Å²) in [6.45, 7) is 4.20. The van der Waals surface area contributed by atoms with Gasteiger partial charge < -0.3 is 15.0 Å². The van der Waals surface area contributed by atoms with Gasteiger partial charge in [-0.3, -0.25) is 4.79 Å². The van der Waals surface area contributed by atoms with E-state index in [1.807, 2.05) is 43.1 Å². The van der Waals surface area contributed by atoms with Gasteiger partial charge in [-0.25, -0.2) is 0 Å². The molecule has 0 radical (unpaired) electrons. The van der Waals surface area contributed by atoms with Gasteiger partial charge in [0, 0.05) is 24.7 Å². The zero-order valence-electron chi connectivity index (χ0n) is 11.7. The van der Waals surface area contributed by atoms with Gasteiger partial charge in [0.05, 0.1) is 6.61 Å². The fourth-order valence-electron chi connectivity index (χ4n) is 2.44. The van der Waals surface area contributed by atoms with E-state index in [1.165, 1.54) is 0 Å². The van der Waals surface area contributed by atoms with E-state index in [2.05, 4.69) is 5.32 Å². The number of benzene rings is 1. The van der Waals surface area contributed by atoms with Crippen molar-refractivity contribution in [3.63, 3.8) is 0 Å². The highest BCUT2D eigenvalue weighted by atomic mass is 16.5. The molecule has 0 aliphatic carbocycles. The molecule has 0 atom stereocenters. The molecular weight excluding hydrogens is 240 g/mol. The summed E-state index contributed by atoms with van der Waals surface area (Å²) in [6.07, 6.45) is 2.04. The van der Waals surface area contributed by atoms with Crippen LogP contribution in [0.25, 0.3) is 0 Å². The van der Waals surface area contributed by atoms with Crippen molar-refractivity contribution >= 4 is 5.91 Å². The molecule has 1 N–H and O–H groups in total. The molecule has 1 amide bonds. The number of amides is 1. The lowest BCUT2D eigenvalue weighted by Crippen LogP contribution is -2.43. The lowest BCUT2D eigenvalue weighted by Gasteiger charge is -2.31. The summed E-state index contributed by atoms with van der Waals surface area (Å²) in [6, 6.07) is 7.98. The van der Waals surface area contributed by atoms with Crippen LogP contribution in [-0.4, -0.2) is 43.6 Å². The van der Waals surface area contributed by atoms with Crippen LogP contribution in [0, 0.1) is 0 Å². The number of ether oxygens (including phenoxy) is 1. The predicted octanol–water partition coefficient (Wildman–Crippen LogP) is 1.91. The molecule has 1 fully saturated rings. The highest BCUT2D eigenvalue weighted by Gasteiger charge is 2.22. The number of rotatable bonds is 4. The van der Waals surface area contributed by atoms with Crippen molar-refractivity contribution in [1.29, 1.82) is 0 Å². The summed E-state index contributed by atoms with van der Waals surface area (Å²) in [5.41, 5.74) is 0.717. The molecule has 1 aliphatic rings. The number of nitrogens with zero attached hydrogens (tertiary/aromatic N) is 1. The second kappa shape index (κ2) is 6.57. The molecule has 1 aromatic carbocycles. The minimum atomic E-state index is 0.108. The lowest BCUT2D eigenvalue weighted by molar-refractivity contribution is 0.0707. The van der Waals surface area contributed by atoms with E-state index in [0.29, 0.717) is 18.2 Å². The van der Waals surface area contributed by atoms with Crippen molar-refractivity contribution in [2.75, 3.05) is 26.7 Å². The first kappa shape index (κ1) is 13.9. The van der Waals surface area contributed by atoms with Gasteiger partial charge in [-0.05, 0) is 45.0 Å². The summed E-state index contributed by atoms with van der Waals surface area (Å²) in [4.78, 5) is 14.3. The topological polar surface area (TPSA) is 41.6 Å². The number of piperidine rings is 1. The van der Waals surface area contributed by atoms with E-state index in [9.17, 15) is 4.79 Å². The molecule has 1 aromatic rings. The molecule has 0 aromatic heterocycles. The van der Waals surface area contributed by atoms with Gasteiger partial charge in [0.25, 0.3) is 5.91 Å². The molecular formula is C15H22N2O2. The van der Waals surface area contributed by atoms with Gasteiger partial charge in [-0.1, -0.05) is 6.07 Å². The van der Waals surface area contributed by atoms with Crippen LogP contribution < -0.4 is 10.1 Å². The highest BCUT2D eigenvalue weighted by Crippen LogP contribution is 2.17. The van der Waals surface area contributed by atoms with Crippen LogP contribution in [0.3, 0.4) is 0 Å². The van der Waals surface area contributed by atoms with E-state index in [-0.39, 0.29) is 5.91 Å². The Hall–Kier alpha value is -1.55. The third kappa shape index (κ3) is 3.47. The van der Waals surface area contributed by atoms with Gasteiger partial charge in [-0.15, -0.1) is 0 Å². The standard InChI is InChI=1S/C15H22N2O2/c1-3-19-14-6-4-5-12(11-14)15(18)17-9-7-13(16-2)8-10-17/h4-6,11,13,16H,3,7-10H2,1-2H3. The third-order valence-corrected chi connectivity index (χ3v) is 3.58. The van der Waals surface area contributed by atoms with E-state index in [4.69, 9.17) is 4.74 Å². The zero-order chi connectivity index (χ0) is 13.7. The maximum absolute atomic E-state index is 12.4. The van der Waals surface area contributed by atoms with E-state index < -0.39 is 0 Å². The fraction of sp³-hybridized carbons (Fsp3) is 0.533. The Bertz CT molecular complexity index is 426. The molecule has 1 saturated heterocycles. The Morgan fingerprint density at radius 3 is 2.79 bits per heavy atom. The molecule has 104 valence electrons. The normalized spacial score (nSPS) is 16.4. The first-order chi connectivity index (χ1) is 9.24. The third-order valence-electron chi connectivity index (χ3n) is 3.58. The van der Waals surface area contributed by atoms with E-state index in [0.717, 1.165) is 31.7 Å². The Labute approximate surface area is 114 Å². The maximum Gasteiger partial charge on any atom is 0.253 e. The van der Waals surface area contributed by atoms with Crippen LogP contribution in [-0.2, 0) is 0 Å². The first-order valence-electron chi connectivity index (χ1n) is 6.94. The van der Waals surface area contributed by atoms with Crippen molar-refractivity contribution in [3.8, 4) is 5.75 Å². The van der Waals surface area contributed by atoms with Crippen LogP contribution in [0.1, 0.15) is 30.1 Å². The Morgan fingerprint density at radius 1 is 1.42 bits per heavy atom. The number of likely N-dealkylation sites (tertiary alicyclic amines) is 1. The fourth-order valence-corrected chi connectivity index (χ4v) is 2.44. The van der Waals surface area contributed by atoms with E-state index in [1.54, 1.807) is 0 Å². The van der Waals surface area contributed by atoms with Gasteiger partial charge in [0.15, 0.2) is 0 Å². The molecule has 0 bridgehead atoms. The number of carbonyl (C=O) groups excluding carboxylic acids is 1. The van der Waals surface area contributed by atoms with E-state index >= 15 is 0 Å². The average molecular weight is 262 g/mol. The van der Waals surface area contributed by atoms with Gasteiger partial charge in [0.1, 0.15) is 5.75 Å². The quantitative estimate of drug-likeness (QED) is 0.901. The number of nitrogens with one attached hydrogen (secondary N) is 1. The van der Waals surface area contributed by atoms with Crippen LogP contribution in [0.2, 0.25) is 0 Å². The van der Waals surface area contributed by atoms with Crippen LogP contribution in [0.15, 0.2) is 24.3 Å². The molecule has 19 heavy (non-hydrogen) atoms. The Kier molecular flexibility index (Phi) is 4.80. The highest BCUT2D eigenvalue weighted by molar-refractivity contribution is 5.94. The molecule has 1 heterocycles. The summed E-state index contributed by atoms with van der Waals surface area (Å²) in [7, 11) is 1.98. The van der Waals surface area contributed by atoms with Crippen molar-refractivity contribution < 1.29 is 9.53 Å².